The molecule has 3 heterocycles. The number of piperazine rings is 1. The first kappa shape index (κ1) is 30.3. The summed E-state index contributed by atoms with van der Waals surface area (Å²) in [5.41, 5.74) is 5.84. The summed E-state index contributed by atoms with van der Waals surface area (Å²) in [5.74, 6) is -0.198. The van der Waals surface area contributed by atoms with Crippen LogP contribution in [0.5, 0.6) is 0 Å². The van der Waals surface area contributed by atoms with Crippen molar-refractivity contribution < 1.29 is 13.2 Å². The minimum absolute atomic E-state index is 0. The van der Waals surface area contributed by atoms with Gasteiger partial charge in [-0.3, -0.25) is 14.0 Å². The summed E-state index contributed by atoms with van der Waals surface area (Å²) in [6, 6.07) is 18.3. The molecular weight excluding hydrogens is 590 g/mol. The SMILES string of the molecule is Cc1cc(C)c2sc(N3CCN(CCNC(=O)c4ccc(S(=O)(=O)N5CCCc6ccccc65)cc4)CC3)nc2c1.Cl. The van der Waals surface area contributed by atoms with Gasteiger partial charge < -0.3 is 10.2 Å². The van der Waals surface area contributed by atoms with Gasteiger partial charge in [-0.05, 0) is 79.8 Å². The number of fused-ring (bicyclic) bond motifs is 2. The van der Waals surface area contributed by atoms with E-state index in [0.717, 1.165) is 67.5 Å². The molecule has 0 atom stereocenters. The minimum Gasteiger partial charge on any atom is -0.351 e. The topological polar surface area (TPSA) is 85.8 Å². The number of nitrogens with zero attached hydrogens (tertiary/aromatic N) is 4. The Hall–Kier alpha value is -3.18. The second-order valence-corrected chi connectivity index (χ2v) is 13.7. The van der Waals surface area contributed by atoms with Crippen molar-refractivity contribution in [3.63, 3.8) is 0 Å². The molecule has 1 N–H and O–H groups in total. The Labute approximate surface area is 257 Å². The molecule has 2 aliphatic rings. The van der Waals surface area contributed by atoms with E-state index in [4.69, 9.17) is 4.98 Å². The van der Waals surface area contributed by atoms with Crippen LogP contribution in [0.3, 0.4) is 0 Å². The molecule has 0 unspecified atom stereocenters. The molecule has 0 spiro atoms. The van der Waals surface area contributed by atoms with E-state index in [1.54, 1.807) is 23.5 Å². The molecule has 6 rings (SSSR count). The molecule has 4 aromatic rings. The van der Waals surface area contributed by atoms with Crippen LogP contribution >= 0.6 is 23.7 Å². The van der Waals surface area contributed by atoms with Gasteiger partial charge in [0.1, 0.15) is 0 Å². The lowest BCUT2D eigenvalue weighted by Gasteiger charge is -2.34. The molecule has 1 fully saturated rings. The van der Waals surface area contributed by atoms with Crippen molar-refractivity contribution in [1.29, 1.82) is 0 Å². The maximum Gasteiger partial charge on any atom is 0.264 e. The van der Waals surface area contributed by atoms with Crippen molar-refractivity contribution in [3.05, 3.63) is 82.9 Å². The Kier molecular flexibility index (Phi) is 9.08. The zero-order valence-corrected chi connectivity index (χ0v) is 26.3. The predicted octanol–water partition coefficient (Wildman–Crippen LogP) is 5.03. The Morgan fingerprint density at radius 2 is 1.71 bits per heavy atom. The first-order valence-corrected chi connectivity index (χ1v) is 16.4. The third-order valence-electron chi connectivity index (χ3n) is 7.94. The van der Waals surface area contributed by atoms with Crippen molar-refractivity contribution in [2.24, 2.45) is 0 Å². The molecule has 1 aromatic heterocycles. The second-order valence-electron chi connectivity index (χ2n) is 10.8. The first-order valence-electron chi connectivity index (χ1n) is 14.1. The Balaban J connectivity index is 0.00000353. The first-order chi connectivity index (χ1) is 19.8. The highest BCUT2D eigenvalue weighted by Gasteiger charge is 2.29. The van der Waals surface area contributed by atoms with Gasteiger partial charge in [0.15, 0.2) is 5.13 Å². The zero-order valence-electron chi connectivity index (χ0n) is 23.9. The standard InChI is InChI=1S/C31H35N5O3S2.ClH/c1-22-20-23(2)29-27(21-22)33-31(40-29)35-18-16-34(17-19-35)15-13-32-30(37)25-9-11-26(12-10-25)41(38,39)36-14-5-7-24-6-3-4-8-28(24)36;/h3-4,6,8-12,20-21H,5,7,13-19H2,1-2H3,(H,32,37);1H. The monoisotopic (exact) mass is 625 g/mol. The van der Waals surface area contributed by atoms with Crippen molar-refractivity contribution in [2.75, 3.05) is 55.0 Å². The minimum atomic E-state index is -3.70. The number of nitrogens with one attached hydrogen (secondary N) is 1. The third-order valence-corrected chi connectivity index (χ3v) is 11.0. The van der Waals surface area contributed by atoms with Gasteiger partial charge in [-0.1, -0.05) is 35.6 Å². The number of amides is 1. The normalized spacial score (nSPS) is 15.8. The van der Waals surface area contributed by atoms with E-state index in [1.807, 2.05) is 24.3 Å². The molecule has 1 amide bonds. The number of hydrogen-bond acceptors (Lipinski definition) is 7. The molecule has 3 aromatic carbocycles. The predicted molar refractivity (Wildman–Crippen MR) is 173 cm³/mol. The number of benzene rings is 3. The molecule has 222 valence electrons. The number of carbonyl (C=O) groups is 1. The van der Waals surface area contributed by atoms with Crippen LogP contribution in [0.4, 0.5) is 10.8 Å². The fourth-order valence-corrected chi connectivity index (χ4v) is 8.36. The van der Waals surface area contributed by atoms with Gasteiger partial charge in [-0.2, -0.15) is 0 Å². The Morgan fingerprint density at radius 1 is 0.976 bits per heavy atom. The number of aryl methyl sites for hydroxylation is 3. The molecule has 2 aliphatic heterocycles. The van der Waals surface area contributed by atoms with Gasteiger partial charge in [-0.15, -0.1) is 12.4 Å². The molecule has 0 aliphatic carbocycles. The number of para-hydroxylation sites is 1. The van der Waals surface area contributed by atoms with Gasteiger partial charge in [-0.25, -0.2) is 13.4 Å². The number of sulfonamides is 1. The molecular formula is C31H36ClN5O3S2. The van der Waals surface area contributed by atoms with Gasteiger partial charge in [0.25, 0.3) is 15.9 Å². The van der Waals surface area contributed by atoms with Crippen LogP contribution in [0.1, 0.15) is 33.5 Å². The molecule has 0 radical (unpaired) electrons. The molecule has 42 heavy (non-hydrogen) atoms. The van der Waals surface area contributed by atoms with E-state index < -0.39 is 10.0 Å². The van der Waals surface area contributed by atoms with Crippen LogP contribution in [-0.2, 0) is 16.4 Å². The van der Waals surface area contributed by atoms with Gasteiger partial charge in [0.05, 0.1) is 20.8 Å². The third kappa shape index (κ3) is 6.13. The van der Waals surface area contributed by atoms with Crippen molar-refractivity contribution >= 4 is 60.7 Å². The summed E-state index contributed by atoms with van der Waals surface area (Å²) in [7, 11) is -3.70. The van der Waals surface area contributed by atoms with E-state index in [1.165, 1.54) is 32.3 Å². The van der Waals surface area contributed by atoms with Crippen LogP contribution in [0.2, 0.25) is 0 Å². The van der Waals surface area contributed by atoms with Crippen molar-refractivity contribution in [1.82, 2.24) is 15.2 Å². The second kappa shape index (κ2) is 12.6. The summed E-state index contributed by atoms with van der Waals surface area (Å²) in [6.45, 7) is 9.64. The fourth-order valence-electron chi connectivity index (χ4n) is 5.75. The smallest absolute Gasteiger partial charge is 0.264 e. The number of halogens is 1. The molecule has 0 bridgehead atoms. The maximum atomic E-state index is 13.4. The average Bonchev–Trinajstić information content (AvgIpc) is 3.42. The average molecular weight is 626 g/mol. The van der Waals surface area contributed by atoms with E-state index in [0.29, 0.717) is 18.7 Å². The summed E-state index contributed by atoms with van der Waals surface area (Å²) in [6.07, 6.45) is 1.66. The highest BCUT2D eigenvalue weighted by Crippen LogP contribution is 2.33. The van der Waals surface area contributed by atoms with E-state index >= 15 is 0 Å². The van der Waals surface area contributed by atoms with Gasteiger partial charge >= 0.3 is 0 Å². The summed E-state index contributed by atoms with van der Waals surface area (Å²) in [4.78, 5) is 22.6. The van der Waals surface area contributed by atoms with E-state index in [-0.39, 0.29) is 23.2 Å². The number of rotatable bonds is 7. The van der Waals surface area contributed by atoms with Gasteiger partial charge in [0, 0.05) is 51.4 Å². The van der Waals surface area contributed by atoms with E-state index in [2.05, 4.69) is 41.1 Å². The maximum absolute atomic E-state index is 13.4. The number of thiazole rings is 1. The van der Waals surface area contributed by atoms with Crippen LogP contribution in [0, 0.1) is 13.8 Å². The van der Waals surface area contributed by atoms with Gasteiger partial charge in [0.2, 0.25) is 0 Å². The zero-order chi connectivity index (χ0) is 28.6. The van der Waals surface area contributed by atoms with Crippen LogP contribution in [0.25, 0.3) is 10.2 Å². The summed E-state index contributed by atoms with van der Waals surface area (Å²) in [5, 5.41) is 4.07. The summed E-state index contributed by atoms with van der Waals surface area (Å²) < 4.78 is 29.5. The lowest BCUT2D eigenvalue weighted by Crippen LogP contribution is -2.48. The molecule has 0 saturated carbocycles. The van der Waals surface area contributed by atoms with Crippen molar-refractivity contribution in [3.8, 4) is 0 Å². The largest absolute Gasteiger partial charge is 0.351 e. The summed E-state index contributed by atoms with van der Waals surface area (Å²) >= 11 is 1.77. The van der Waals surface area contributed by atoms with Crippen LogP contribution < -0.4 is 14.5 Å². The quantitative estimate of drug-likeness (QED) is 0.310. The fraction of sp³-hybridized carbons (Fsp3) is 0.355. The van der Waals surface area contributed by atoms with Crippen molar-refractivity contribution in [2.45, 2.75) is 31.6 Å². The molecule has 1 saturated heterocycles. The van der Waals surface area contributed by atoms with Crippen LogP contribution in [0.15, 0.2) is 65.6 Å². The lowest BCUT2D eigenvalue weighted by molar-refractivity contribution is 0.0947. The number of aromatic nitrogens is 1. The highest BCUT2D eigenvalue weighted by atomic mass is 35.5. The lowest BCUT2D eigenvalue weighted by atomic mass is 10.0. The number of carbonyl (C=O) groups excluding carboxylic acids is 1. The Morgan fingerprint density at radius 3 is 2.48 bits per heavy atom. The molecule has 8 nitrogen and oxygen atoms in total. The van der Waals surface area contributed by atoms with Crippen LogP contribution in [-0.4, -0.2) is 70.0 Å². The number of anilines is 2. The highest BCUT2D eigenvalue weighted by molar-refractivity contribution is 7.92. The van der Waals surface area contributed by atoms with E-state index in [9.17, 15) is 13.2 Å². The Bertz CT molecular complexity index is 1680. The molecule has 11 heteroatoms. The number of hydrogen-bond donors (Lipinski definition) is 1.